The molecule has 1 saturated heterocycles. The smallest absolute Gasteiger partial charge is 0.327 e. The van der Waals surface area contributed by atoms with Gasteiger partial charge < -0.3 is 20.1 Å². The molecule has 0 radical (unpaired) electrons. The number of methoxy groups -OCH3 is 1. The fourth-order valence-corrected chi connectivity index (χ4v) is 5.01. The minimum absolute atomic E-state index is 0.239. The van der Waals surface area contributed by atoms with Crippen LogP contribution in [0.25, 0.3) is 0 Å². The molecule has 12 nitrogen and oxygen atoms in total. The number of carbonyl (C=O) groups is 4. The van der Waals surface area contributed by atoms with Gasteiger partial charge in [0.1, 0.15) is 6.04 Å². The first-order valence-electron chi connectivity index (χ1n) is 13.0. The Bertz CT molecular complexity index is 968. The second-order valence-electron chi connectivity index (χ2n) is 10.9. The SMILES string of the molecule is COC(=O)C(c1ccccc1)N1CCN(CC(=O)O)CCN(CC(=O)O)CC(C(C)(C)C)N(CC(=O)O)CC1. The number of rotatable bonds is 9. The zero-order chi connectivity index (χ0) is 29.2. The number of benzene rings is 1. The summed E-state index contributed by atoms with van der Waals surface area (Å²) in [5.74, 6) is -3.50. The third-order valence-electron chi connectivity index (χ3n) is 6.94. The summed E-state index contributed by atoms with van der Waals surface area (Å²) in [5, 5.41) is 28.8. The van der Waals surface area contributed by atoms with E-state index in [-0.39, 0.29) is 51.9 Å². The van der Waals surface area contributed by atoms with E-state index in [2.05, 4.69) is 0 Å². The Kier molecular flexibility index (Phi) is 12.3. The molecule has 0 aromatic heterocycles. The van der Waals surface area contributed by atoms with Gasteiger partial charge in [-0.2, -0.15) is 0 Å². The van der Waals surface area contributed by atoms with E-state index in [4.69, 9.17) is 4.74 Å². The van der Waals surface area contributed by atoms with Crippen LogP contribution in [0.4, 0.5) is 0 Å². The number of hydrogen-bond donors (Lipinski definition) is 3. The monoisotopic (exact) mass is 550 g/mol. The summed E-state index contributed by atoms with van der Waals surface area (Å²) in [4.78, 5) is 55.4. The second kappa shape index (κ2) is 14.9. The molecule has 1 fully saturated rings. The number of nitrogens with zero attached hydrogens (tertiary/aromatic N) is 4. The normalized spacial score (nSPS) is 20.4. The van der Waals surface area contributed by atoms with Gasteiger partial charge in [-0.15, -0.1) is 0 Å². The molecule has 3 N–H and O–H groups in total. The minimum atomic E-state index is -1.01. The van der Waals surface area contributed by atoms with Crippen molar-refractivity contribution in [2.24, 2.45) is 5.41 Å². The van der Waals surface area contributed by atoms with Crippen molar-refractivity contribution in [1.29, 1.82) is 0 Å². The van der Waals surface area contributed by atoms with Crippen molar-refractivity contribution in [2.75, 3.05) is 72.6 Å². The van der Waals surface area contributed by atoms with E-state index in [1.165, 1.54) is 7.11 Å². The highest BCUT2D eigenvalue weighted by Gasteiger charge is 2.36. The van der Waals surface area contributed by atoms with Crippen LogP contribution in [-0.2, 0) is 23.9 Å². The van der Waals surface area contributed by atoms with Gasteiger partial charge in [-0.05, 0) is 11.0 Å². The molecule has 0 bridgehead atoms. The number of carboxylic acids is 3. The zero-order valence-corrected chi connectivity index (χ0v) is 23.3. The number of carboxylic acid groups (broad SMARTS) is 3. The molecule has 1 aliphatic heterocycles. The average molecular weight is 551 g/mol. The Hall–Kier alpha value is -3.06. The van der Waals surface area contributed by atoms with Gasteiger partial charge in [0, 0.05) is 51.9 Å². The van der Waals surface area contributed by atoms with Crippen LogP contribution in [0.1, 0.15) is 32.4 Å². The van der Waals surface area contributed by atoms with Crippen molar-refractivity contribution in [1.82, 2.24) is 19.6 Å². The summed E-state index contributed by atoms with van der Waals surface area (Å²) in [6, 6.07) is 8.02. The van der Waals surface area contributed by atoms with Gasteiger partial charge in [-0.3, -0.25) is 34.0 Å². The van der Waals surface area contributed by atoms with Crippen LogP contribution >= 0.6 is 0 Å². The highest BCUT2D eigenvalue weighted by atomic mass is 16.5. The van der Waals surface area contributed by atoms with Crippen molar-refractivity contribution >= 4 is 23.9 Å². The summed E-state index contributed by atoms with van der Waals surface area (Å²) in [6.45, 7) is 7.24. The van der Waals surface area contributed by atoms with Crippen molar-refractivity contribution in [3.05, 3.63) is 35.9 Å². The summed E-state index contributed by atoms with van der Waals surface area (Å²) < 4.78 is 5.14. The van der Waals surface area contributed by atoms with Gasteiger partial charge in [-0.25, -0.2) is 4.79 Å². The molecule has 2 atom stereocenters. The van der Waals surface area contributed by atoms with E-state index < -0.39 is 35.3 Å². The fraction of sp³-hybridized carbons (Fsp3) is 0.630. The number of esters is 1. The molecule has 0 aliphatic carbocycles. The number of hydrogen-bond acceptors (Lipinski definition) is 9. The predicted octanol–water partition coefficient (Wildman–Crippen LogP) is 0.791. The molecule has 1 aromatic carbocycles. The summed E-state index contributed by atoms with van der Waals surface area (Å²) in [6.07, 6.45) is 0. The van der Waals surface area contributed by atoms with Gasteiger partial charge in [0.25, 0.3) is 0 Å². The molecule has 2 rings (SSSR count). The van der Waals surface area contributed by atoms with Gasteiger partial charge >= 0.3 is 23.9 Å². The summed E-state index contributed by atoms with van der Waals surface area (Å²) in [5.41, 5.74) is 0.300. The lowest BCUT2D eigenvalue weighted by molar-refractivity contribution is -0.148. The molecule has 0 spiro atoms. The van der Waals surface area contributed by atoms with E-state index in [0.29, 0.717) is 25.2 Å². The van der Waals surface area contributed by atoms with Gasteiger partial charge in [0.2, 0.25) is 0 Å². The third kappa shape index (κ3) is 10.6. The molecule has 39 heavy (non-hydrogen) atoms. The van der Waals surface area contributed by atoms with E-state index in [0.717, 1.165) is 0 Å². The number of ether oxygens (including phenoxy) is 1. The maximum absolute atomic E-state index is 13.0. The van der Waals surface area contributed by atoms with Crippen LogP contribution in [-0.4, -0.2) is 137 Å². The number of aliphatic carboxylic acids is 3. The molecule has 1 aromatic rings. The van der Waals surface area contributed by atoms with Gasteiger partial charge in [0.15, 0.2) is 0 Å². The van der Waals surface area contributed by atoms with Crippen LogP contribution in [0.5, 0.6) is 0 Å². The fourth-order valence-electron chi connectivity index (χ4n) is 5.01. The summed E-state index contributed by atoms with van der Waals surface area (Å²) in [7, 11) is 1.31. The topological polar surface area (TPSA) is 151 Å². The zero-order valence-electron chi connectivity index (χ0n) is 23.3. The molecule has 1 aliphatic rings. The summed E-state index contributed by atoms with van der Waals surface area (Å²) >= 11 is 0. The van der Waals surface area contributed by atoms with Crippen molar-refractivity contribution < 1.29 is 39.2 Å². The lowest BCUT2D eigenvalue weighted by Gasteiger charge is -2.44. The minimum Gasteiger partial charge on any atom is -0.480 e. The first-order valence-corrected chi connectivity index (χ1v) is 13.0. The van der Waals surface area contributed by atoms with Crippen molar-refractivity contribution in [3.8, 4) is 0 Å². The van der Waals surface area contributed by atoms with Crippen LogP contribution in [0.3, 0.4) is 0 Å². The van der Waals surface area contributed by atoms with Gasteiger partial charge in [-0.1, -0.05) is 51.1 Å². The maximum Gasteiger partial charge on any atom is 0.327 e. The van der Waals surface area contributed by atoms with E-state index >= 15 is 0 Å². The van der Waals surface area contributed by atoms with Crippen molar-refractivity contribution in [3.63, 3.8) is 0 Å². The van der Waals surface area contributed by atoms with E-state index in [1.54, 1.807) is 9.80 Å². The Morgan fingerprint density at radius 1 is 0.821 bits per heavy atom. The predicted molar refractivity (Wildman–Crippen MR) is 143 cm³/mol. The van der Waals surface area contributed by atoms with Crippen LogP contribution in [0.2, 0.25) is 0 Å². The van der Waals surface area contributed by atoms with Crippen LogP contribution < -0.4 is 0 Å². The molecule has 0 amide bonds. The molecule has 2 unspecified atom stereocenters. The Morgan fingerprint density at radius 3 is 1.87 bits per heavy atom. The Balaban J connectivity index is 2.54. The lowest BCUT2D eigenvalue weighted by atomic mass is 9.85. The van der Waals surface area contributed by atoms with Crippen LogP contribution in [0, 0.1) is 5.41 Å². The Labute approximate surface area is 229 Å². The molecular formula is C27H42N4O8. The molecule has 12 heteroatoms. The molecular weight excluding hydrogens is 508 g/mol. The van der Waals surface area contributed by atoms with Crippen molar-refractivity contribution in [2.45, 2.75) is 32.9 Å². The first kappa shape index (κ1) is 32.2. The quantitative estimate of drug-likeness (QED) is 0.373. The molecule has 1 heterocycles. The maximum atomic E-state index is 13.0. The third-order valence-corrected chi connectivity index (χ3v) is 6.94. The standard InChI is InChI=1S/C27H42N4O8/c1-27(2,3)21-16-29(18-23(34)35)11-10-28(17-22(32)33)12-13-30(14-15-31(21)19-24(36)37)25(26(38)39-4)20-8-6-5-7-9-20/h5-9,21,25H,10-19H2,1-4H3,(H,32,33)(H,34,35)(H,36,37). The second-order valence-corrected chi connectivity index (χ2v) is 10.9. The average Bonchev–Trinajstić information content (AvgIpc) is 2.84. The molecule has 0 saturated carbocycles. The Morgan fingerprint density at radius 2 is 1.33 bits per heavy atom. The van der Waals surface area contributed by atoms with E-state index in [1.807, 2.05) is 60.9 Å². The highest BCUT2D eigenvalue weighted by molar-refractivity contribution is 5.77. The van der Waals surface area contributed by atoms with E-state index in [9.17, 15) is 34.5 Å². The lowest BCUT2D eigenvalue weighted by Crippen LogP contribution is -2.56. The first-order chi connectivity index (χ1) is 18.3. The molecule has 218 valence electrons. The van der Waals surface area contributed by atoms with Gasteiger partial charge in [0.05, 0.1) is 26.7 Å². The van der Waals surface area contributed by atoms with Crippen LogP contribution in [0.15, 0.2) is 30.3 Å². The number of carbonyl (C=O) groups excluding carboxylic acids is 1. The largest absolute Gasteiger partial charge is 0.480 e. The highest BCUT2D eigenvalue weighted by Crippen LogP contribution is 2.27.